The summed E-state index contributed by atoms with van der Waals surface area (Å²) in [6.07, 6.45) is 0. The SMILES string of the molecule is CC(=O)c1cccc(S(=O)(=O)NC(CO)C(=O)O)c1. The standard InChI is InChI=1S/C11H13NO6S/c1-7(14)8-3-2-4-9(5-8)19(17,18)12-10(6-13)11(15)16/h2-5,10,12-13H,6H2,1H3,(H,15,16). The van der Waals surface area contributed by atoms with Gasteiger partial charge in [-0.05, 0) is 19.1 Å². The highest BCUT2D eigenvalue weighted by Gasteiger charge is 2.24. The number of Topliss-reactive ketones (excluding diaryl/α,β-unsaturated/α-hetero) is 1. The van der Waals surface area contributed by atoms with Crippen LogP contribution in [0.4, 0.5) is 0 Å². The number of carboxylic acid groups (broad SMARTS) is 1. The van der Waals surface area contributed by atoms with Crippen molar-refractivity contribution in [3.05, 3.63) is 29.8 Å². The van der Waals surface area contributed by atoms with Crippen molar-refractivity contribution < 1.29 is 28.2 Å². The van der Waals surface area contributed by atoms with Crippen molar-refractivity contribution in [3.63, 3.8) is 0 Å². The molecule has 104 valence electrons. The van der Waals surface area contributed by atoms with Gasteiger partial charge >= 0.3 is 5.97 Å². The normalized spacial score (nSPS) is 12.9. The van der Waals surface area contributed by atoms with Crippen molar-refractivity contribution in [2.45, 2.75) is 17.9 Å². The molecular weight excluding hydrogens is 274 g/mol. The first kappa shape index (κ1) is 15.3. The highest BCUT2D eigenvalue weighted by molar-refractivity contribution is 7.89. The van der Waals surface area contributed by atoms with Gasteiger partial charge < -0.3 is 10.2 Å². The molecule has 7 nitrogen and oxygen atoms in total. The lowest BCUT2D eigenvalue weighted by atomic mass is 10.2. The zero-order valence-electron chi connectivity index (χ0n) is 10.0. The molecule has 1 rings (SSSR count). The van der Waals surface area contributed by atoms with E-state index >= 15 is 0 Å². The molecule has 0 aliphatic rings. The number of hydrogen-bond acceptors (Lipinski definition) is 5. The number of aliphatic hydroxyl groups is 1. The lowest BCUT2D eigenvalue weighted by Gasteiger charge is -2.12. The van der Waals surface area contributed by atoms with E-state index in [1.807, 2.05) is 4.72 Å². The molecule has 1 aromatic carbocycles. The molecule has 0 spiro atoms. The molecule has 0 saturated carbocycles. The summed E-state index contributed by atoms with van der Waals surface area (Å²) >= 11 is 0. The summed E-state index contributed by atoms with van der Waals surface area (Å²) in [5, 5.41) is 17.5. The fraction of sp³-hybridized carbons (Fsp3) is 0.273. The van der Waals surface area contributed by atoms with E-state index in [2.05, 4.69) is 0 Å². The number of sulfonamides is 1. The second-order valence-electron chi connectivity index (χ2n) is 3.78. The lowest BCUT2D eigenvalue weighted by molar-refractivity contribution is -0.139. The van der Waals surface area contributed by atoms with Crippen LogP contribution in [0, 0.1) is 0 Å². The molecule has 19 heavy (non-hydrogen) atoms. The van der Waals surface area contributed by atoms with Gasteiger partial charge in [0.1, 0.15) is 6.04 Å². The van der Waals surface area contributed by atoms with Gasteiger partial charge in [0.15, 0.2) is 5.78 Å². The van der Waals surface area contributed by atoms with Crippen LogP contribution in [0.5, 0.6) is 0 Å². The molecule has 1 unspecified atom stereocenters. The first-order valence-corrected chi connectivity index (χ1v) is 6.73. The molecule has 1 atom stereocenters. The number of ketones is 1. The van der Waals surface area contributed by atoms with Crippen molar-refractivity contribution in [2.24, 2.45) is 0 Å². The third-order valence-corrected chi connectivity index (χ3v) is 3.80. The van der Waals surface area contributed by atoms with Crippen molar-refractivity contribution in [2.75, 3.05) is 6.61 Å². The third kappa shape index (κ3) is 3.85. The maximum absolute atomic E-state index is 11.9. The van der Waals surface area contributed by atoms with E-state index < -0.39 is 28.6 Å². The summed E-state index contributed by atoms with van der Waals surface area (Å²) in [6.45, 7) is 0.411. The number of aliphatic hydroxyl groups excluding tert-OH is 1. The number of rotatable bonds is 6. The molecule has 0 fully saturated rings. The molecule has 0 bridgehead atoms. The van der Waals surface area contributed by atoms with E-state index in [1.165, 1.54) is 25.1 Å². The van der Waals surface area contributed by atoms with Crippen LogP contribution in [-0.2, 0) is 14.8 Å². The van der Waals surface area contributed by atoms with Gasteiger partial charge in [0, 0.05) is 5.56 Å². The molecule has 0 radical (unpaired) electrons. The van der Waals surface area contributed by atoms with Crippen LogP contribution in [0.25, 0.3) is 0 Å². The van der Waals surface area contributed by atoms with Crippen LogP contribution in [-0.4, -0.2) is 43.0 Å². The molecule has 0 amide bonds. The highest BCUT2D eigenvalue weighted by atomic mass is 32.2. The molecule has 3 N–H and O–H groups in total. The Bertz CT molecular complexity index is 595. The summed E-state index contributed by atoms with van der Waals surface area (Å²) < 4.78 is 25.6. The number of carboxylic acids is 1. The molecule has 0 aliphatic heterocycles. The second kappa shape index (κ2) is 5.91. The van der Waals surface area contributed by atoms with Gasteiger partial charge in [-0.2, -0.15) is 4.72 Å². The molecular formula is C11H13NO6S. The zero-order valence-corrected chi connectivity index (χ0v) is 10.8. The lowest BCUT2D eigenvalue weighted by Crippen LogP contribution is -2.43. The van der Waals surface area contributed by atoms with Gasteiger partial charge in [-0.3, -0.25) is 9.59 Å². The van der Waals surface area contributed by atoms with Crippen molar-refractivity contribution in [1.82, 2.24) is 4.72 Å². The minimum absolute atomic E-state index is 0.193. The average molecular weight is 287 g/mol. The van der Waals surface area contributed by atoms with E-state index in [4.69, 9.17) is 10.2 Å². The number of hydrogen-bond donors (Lipinski definition) is 3. The second-order valence-corrected chi connectivity index (χ2v) is 5.49. The summed E-state index contributed by atoms with van der Waals surface area (Å²) in [5.41, 5.74) is 0.193. The Kier molecular flexibility index (Phi) is 4.76. The quantitative estimate of drug-likeness (QED) is 0.613. The van der Waals surface area contributed by atoms with Gasteiger partial charge in [-0.1, -0.05) is 12.1 Å². The highest BCUT2D eigenvalue weighted by Crippen LogP contribution is 2.12. The van der Waals surface area contributed by atoms with Crippen molar-refractivity contribution in [1.29, 1.82) is 0 Å². The Morgan fingerprint density at radius 2 is 2.00 bits per heavy atom. The maximum atomic E-state index is 11.9. The Labute approximate surface area is 109 Å². The summed E-state index contributed by atoms with van der Waals surface area (Å²) in [4.78, 5) is 21.6. The Morgan fingerprint density at radius 1 is 1.37 bits per heavy atom. The topological polar surface area (TPSA) is 121 Å². The van der Waals surface area contributed by atoms with Gasteiger partial charge in [-0.25, -0.2) is 8.42 Å². The predicted molar refractivity (Wildman–Crippen MR) is 65.3 cm³/mol. The van der Waals surface area contributed by atoms with Gasteiger partial charge in [-0.15, -0.1) is 0 Å². The smallest absolute Gasteiger partial charge is 0.324 e. The van der Waals surface area contributed by atoms with Gasteiger partial charge in [0.05, 0.1) is 11.5 Å². The molecule has 0 saturated heterocycles. The number of benzene rings is 1. The van der Waals surface area contributed by atoms with Gasteiger partial charge in [0.25, 0.3) is 0 Å². The van der Waals surface area contributed by atoms with Crippen LogP contribution in [0.15, 0.2) is 29.2 Å². The van der Waals surface area contributed by atoms with Crippen LogP contribution in [0.1, 0.15) is 17.3 Å². The summed E-state index contributed by atoms with van der Waals surface area (Å²) in [5.74, 6) is -1.80. The molecule has 0 aromatic heterocycles. The molecule has 0 aliphatic carbocycles. The number of nitrogens with one attached hydrogen (secondary N) is 1. The number of carbonyl (C=O) groups is 2. The largest absolute Gasteiger partial charge is 0.480 e. The first-order chi connectivity index (χ1) is 8.77. The monoisotopic (exact) mass is 287 g/mol. The summed E-state index contributed by atoms with van der Waals surface area (Å²) in [6, 6.07) is 3.56. The average Bonchev–Trinajstić information content (AvgIpc) is 2.35. The van der Waals surface area contributed by atoms with Crippen molar-refractivity contribution in [3.8, 4) is 0 Å². The van der Waals surface area contributed by atoms with E-state index in [0.29, 0.717) is 0 Å². The zero-order chi connectivity index (χ0) is 14.6. The van der Waals surface area contributed by atoms with E-state index in [-0.39, 0.29) is 16.2 Å². The van der Waals surface area contributed by atoms with Crippen LogP contribution in [0.3, 0.4) is 0 Å². The maximum Gasteiger partial charge on any atom is 0.324 e. The Morgan fingerprint density at radius 3 is 2.47 bits per heavy atom. The van der Waals surface area contributed by atoms with E-state index in [0.717, 1.165) is 6.07 Å². The van der Waals surface area contributed by atoms with E-state index in [1.54, 1.807) is 0 Å². The third-order valence-electron chi connectivity index (χ3n) is 2.33. The predicted octanol–water partition coefficient (Wildman–Crippen LogP) is -0.387. The van der Waals surface area contributed by atoms with E-state index in [9.17, 15) is 18.0 Å². The van der Waals surface area contributed by atoms with Crippen LogP contribution < -0.4 is 4.72 Å². The summed E-state index contributed by atoms with van der Waals surface area (Å²) in [7, 11) is -4.12. The fourth-order valence-corrected chi connectivity index (χ4v) is 2.53. The minimum atomic E-state index is -4.12. The van der Waals surface area contributed by atoms with Crippen LogP contribution in [0.2, 0.25) is 0 Å². The van der Waals surface area contributed by atoms with Crippen molar-refractivity contribution >= 4 is 21.8 Å². The minimum Gasteiger partial charge on any atom is -0.480 e. The molecule has 1 aromatic rings. The molecule has 0 heterocycles. The Balaban J connectivity index is 3.10. The molecule has 8 heteroatoms. The van der Waals surface area contributed by atoms with Crippen LogP contribution >= 0.6 is 0 Å². The fourth-order valence-electron chi connectivity index (χ4n) is 1.30. The number of carbonyl (C=O) groups excluding carboxylic acids is 1. The first-order valence-electron chi connectivity index (χ1n) is 5.25. The van der Waals surface area contributed by atoms with Gasteiger partial charge in [0.2, 0.25) is 10.0 Å². The number of aliphatic carboxylic acids is 1. The Hall–Kier alpha value is -1.77.